The van der Waals surface area contributed by atoms with E-state index in [4.69, 9.17) is 11.6 Å². The summed E-state index contributed by atoms with van der Waals surface area (Å²) < 4.78 is 6.22. The molecule has 0 saturated heterocycles. The van der Waals surface area contributed by atoms with E-state index in [2.05, 4.69) is 4.98 Å². The maximum absolute atomic E-state index is 12.7. The SMILES string of the molecule is Cn1c(=O)c2nc3n(-c4cccc(Cl)c4)c(-c4ccccc4)cn3c2n(C)c1=O. The summed E-state index contributed by atoms with van der Waals surface area (Å²) in [5.74, 6) is 0.527. The topological polar surface area (TPSA) is 66.2 Å². The van der Waals surface area contributed by atoms with Gasteiger partial charge in [0.25, 0.3) is 5.56 Å². The van der Waals surface area contributed by atoms with Crippen LogP contribution in [0.2, 0.25) is 5.02 Å². The molecule has 0 bridgehead atoms. The van der Waals surface area contributed by atoms with Gasteiger partial charge in [-0.05, 0) is 18.2 Å². The van der Waals surface area contributed by atoms with Gasteiger partial charge in [0.1, 0.15) is 0 Å². The zero-order valence-electron chi connectivity index (χ0n) is 15.7. The highest BCUT2D eigenvalue weighted by atomic mass is 35.5. The molecule has 5 aromatic rings. The summed E-state index contributed by atoms with van der Waals surface area (Å²) in [6.45, 7) is 0. The lowest BCUT2D eigenvalue weighted by molar-refractivity contribution is 0.706. The van der Waals surface area contributed by atoms with Gasteiger partial charge in [-0.3, -0.25) is 22.9 Å². The Labute approximate surface area is 169 Å². The van der Waals surface area contributed by atoms with Crippen LogP contribution in [0.3, 0.4) is 0 Å². The second-order valence-electron chi connectivity index (χ2n) is 6.86. The number of rotatable bonds is 2. The van der Waals surface area contributed by atoms with Crippen molar-refractivity contribution in [1.82, 2.24) is 23.1 Å². The molecule has 0 unspecified atom stereocenters. The minimum atomic E-state index is -0.425. The molecule has 5 rings (SSSR count). The molecule has 0 aliphatic heterocycles. The highest BCUT2D eigenvalue weighted by molar-refractivity contribution is 6.30. The first-order valence-corrected chi connectivity index (χ1v) is 9.36. The first kappa shape index (κ1) is 17.5. The third-order valence-electron chi connectivity index (χ3n) is 5.09. The molecule has 3 heterocycles. The van der Waals surface area contributed by atoms with E-state index >= 15 is 0 Å². The number of halogens is 1. The molecule has 7 nitrogen and oxygen atoms in total. The van der Waals surface area contributed by atoms with Crippen molar-refractivity contribution in [3.8, 4) is 16.9 Å². The summed E-state index contributed by atoms with van der Waals surface area (Å²) in [7, 11) is 3.09. The fourth-order valence-corrected chi connectivity index (χ4v) is 3.87. The van der Waals surface area contributed by atoms with Gasteiger partial charge in [0, 0.05) is 30.9 Å². The van der Waals surface area contributed by atoms with E-state index in [1.165, 1.54) is 11.6 Å². The van der Waals surface area contributed by atoms with Gasteiger partial charge in [-0.1, -0.05) is 48.0 Å². The van der Waals surface area contributed by atoms with E-state index < -0.39 is 11.2 Å². The third kappa shape index (κ3) is 2.48. The number of hydrogen-bond donors (Lipinski definition) is 0. The Morgan fingerprint density at radius 3 is 2.41 bits per heavy atom. The van der Waals surface area contributed by atoms with Crippen LogP contribution in [0.5, 0.6) is 0 Å². The van der Waals surface area contributed by atoms with Crippen molar-refractivity contribution in [1.29, 1.82) is 0 Å². The van der Waals surface area contributed by atoms with E-state index in [1.54, 1.807) is 17.5 Å². The zero-order valence-corrected chi connectivity index (χ0v) is 16.5. The molecule has 144 valence electrons. The maximum atomic E-state index is 12.7. The van der Waals surface area contributed by atoms with E-state index in [0.29, 0.717) is 16.4 Å². The Morgan fingerprint density at radius 2 is 1.69 bits per heavy atom. The Balaban J connectivity index is 1.99. The largest absolute Gasteiger partial charge is 0.332 e. The van der Waals surface area contributed by atoms with Crippen LogP contribution in [0.15, 0.2) is 70.4 Å². The molecule has 0 radical (unpaired) electrons. The first-order valence-electron chi connectivity index (χ1n) is 8.98. The second kappa shape index (κ2) is 6.22. The molecule has 8 heteroatoms. The predicted molar refractivity (Wildman–Crippen MR) is 113 cm³/mol. The first-order chi connectivity index (χ1) is 14.0. The molecule has 0 N–H and O–H groups in total. The lowest BCUT2D eigenvalue weighted by Crippen LogP contribution is -2.37. The minimum Gasteiger partial charge on any atom is -0.280 e. The normalized spacial score (nSPS) is 11.6. The van der Waals surface area contributed by atoms with Crippen LogP contribution >= 0.6 is 11.6 Å². The quantitative estimate of drug-likeness (QED) is 0.453. The molecular formula is C21H16ClN5O2. The van der Waals surface area contributed by atoms with Crippen LogP contribution < -0.4 is 11.2 Å². The van der Waals surface area contributed by atoms with Crippen molar-refractivity contribution in [3.05, 3.63) is 86.7 Å². The highest BCUT2D eigenvalue weighted by Gasteiger charge is 2.21. The summed E-state index contributed by atoms with van der Waals surface area (Å²) in [6, 6.07) is 17.3. The van der Waals surface area contributed by atoms with Crippen molar-refractivity contribution < 1.29 is 0 Å². The number of hydrogen-bond acceptors (Lipinski definition) is 3. The third-order valence-corrected chi connectivity index (χ3v) is 5.33. The minimum absolute atomic E-state index is 0.236. The summed E-state index contributed by atoms with van der Waals surface area (Å²) >= 11 is 6.24. The van der Waals surface area contributed by atoms with Crippen LogP contribution in [0, 0.1) is 0 Å². The summed E-state index contributed by atoms with van der Waals surface area (Å²) in [4.78, 5) is 29.8. The Morgan fingerprint density at radius 1 is 0.931 bits per heavy atom. The highest BCUT2D eigenvalue weighted by Crippen LogP contribution is 2.29. The molecule has 0 atom stereocenters. The smallest absolute Gasteiger partial charge is 0.280 e. The molecule has 0 spiro atoms. The average molecular weight is 406 g/mol. The second-order valence-corrected chi connectivity index (χ2v) is 7.29. The molecule has 29 heavy (non-hydrogen) atoms. The fraction of sp³-hybridized carbons (Fsp3) is 0.0952. The fourth-order valence-electron chi connectivity index (χ4n) is 3.68. The van der Waals surface area contributed by atoms with Gasteiger partial charge in [0.15, 0.2) is 11.2 Å². The number of aromatic nitrogens is 5. The Kier molecular flexibility index (Phi) is 3.75. The van der Waals surface area contributed by atoms with Crippen molar-refractivity contribution >= 4 is 28.5 Å². The van der Waals surface area contributed by atoms with Gasteiger partial charge in [0.05, 0.1) is 11.4 Å². The van der Waals surface area contributed by atoms with E-state index in [1.807, 2.05) is 59.3 Å². The number of aryl methyl sites for hydroxylation is 1. The summed E-state index contributed by atoms with van der Waals surface area (Å²) in [6.07, 6.45) is 1.89. The van der Waals surface area contributed by atoms with Gasteiger partial charge >= 0.3 is 5.69 Å². The number of fused-ring (bicyclic) bond motifs is 3. The van der Waals surface area contributed by atoms with Gasteiger partial charge in [-0.15, -0.1) is 0 Å². The molecule has 3 aromatic heterocycles. The van der Waals surface area contributed by atoms with Crippen LogP contribution in [-0.2, 0) is 14.1 Å². The van der Waals surface area contributed by atoms with Gasteiger partial charge in [0.2, 0.25) is 5.78 Å². The average Bonchev–Trinajstić information content (AvgIpc) is 3.27. The standard InChI is InChI=1S/C21H16ClN5O2/c1-24-18-17(19(28)25(2)21(24)29)23-20-26(18)12-16(13-7-4-3-5-8-13)27(20)15-10-6-9-14(22)11-15/h3-12H,1-2H3. The van der Waals surface area contributed by atoms with Gasteiger partial charge in [-0.2, -0.15) is 0 Å². The predicted octanol–water partition coefficient (Wildman–Crippen LogP) is 3.00. The van der Waals surface area contributed by atoms with Crippen LogP contribution in [0.25, 0.3) is 33.9 Å². The Hall–Kier alpha value is -3.58. The summed E-state index contributed by atoms with van der Waals surface area (Å²) in [5.41, 5.74) is 2.51. The zero-order chi connectivity index (χ0) is 20.3. The molecule has 0 aliphatic carbocycles. The molecule has 0 fully saturated rings. The molecule has 2 aromatic carbocycles. The van der Waals surface area contributed by atoms with E-state index in [0.717, 1.165) is 21.5 Å². The Bertz CT molecular complexity index is 1520. The van der Waals surface area contributed by atoms with Crippen molar-refractivity contribution in [2.75, 3.05) is 0 Å². The maximum Gasteiger partial charge on any atom is 0.332 e. The van der Waals surface area contributed by atoms with Gasteiger partial charge < -0.3 is 0 Å². The van der Waals surface area contributed by atoms with Crippen molar-refractivity contribution in [3.63, 3.8) is 0 Å². The lowest BCUT2D eigenvalue weighted by Gasteiger charge is -2.09. The monoisotopic (exact) mass is 405 g/mol. The molecule has 0 aliphatic rings. The van der Waals surface area contributed by atoms with Crippen LogP contribution in [0.1, 0.15) is 0 Å². The van der Waals surface area contributed by atoms with Crippen LogP contribution in [-0.4, -0.2) is 23.1 Å². The molecular weight excluding hydrogens is 390 g/mol. The van der Waals surface area contributed by atoms with E-state index in [9.17, 15) is 9.59 Å². The van der Waals surface area contributed by atoms with E-state index in [-0.39, 0.29) is 5.52 Å². The van der Waals surface area contributed by atoms with Crippen molar-refractivity contribution in [2.24, 2.45) is 14.1 Å². The molecule has 0 saturated carbocycles. The van der Waals surface area contributed by atoms with Gasteiger partial charge in [-0.25, -0.2) is 9.78 Å². The summed E-state index contributed by atoms with van der Waals surface area (Å²) in [5, 5.41) is 0.591. The lowest BCUT2D eigenvalue weighted by atomic mass is 10.1. The number of benzene rings is 2. The number of nitrogens with zero attached hydrogens (tertiary/aromatic N) is 5. The van der Waals surface area contributed by atoms with Crippen LogP contribution in [0.4, 0.5) is 0 Å². The molecule has 0 amide bonds. The number of imidazole rings is 2. The van der Waals surface area contributed by atoms with Crippen molar-refractivity contribution in [2.45, 2.75) is 0 Å².